The molecule has 2 rings (SSSR count). The predicted molar refractivity (Wildman–Crippen MR) is 95.4 cm³/mol. The summed E-state index contributed by atoms with van der Waals surface area (Å²) in [6.45, 7) is 6.27. The molecule has 2 unspecified atom stereocenters. The van der Waals surface area contributed by atoms with Crippen LogP contribution in [0.1, 0.15) is 25.8 Å². The fourth-order valence-electron chi connectivity index (χ4n) is 2.30. The van der Waals surface area contributed by atoms with Crippen molar-refractivity contribution in [3.8, 4) is 11.5 Å². The lowest BCUT2D eigenvalue weighted by molar-refractivity contribution is -0.128. The van der Waals surface area contributed by atoms with Gasteiger partial charge in [-0.05, 0) is 44.0 Å². The molecule has 0 radical (unpaired) electrons. The molecule has 0 aliphatic heterocycles. The molecule has 24 heavy (non-hydrogen) atoms. The van der Waals surface area contributed by atoms with E-state index in [1.807, 2.05) is 75.4 Å². The zero-order valence-corrected chi connectivity index (χ0v) is 14.5. The van der Waals surface area contributed by atoms with Crippen molar-refractivity contribution in [2.75, 3.05) is 6.61 Å². The number of nitrogens with one attached hydrogen (secondary N) is 1. The molecular formula is C20H25NO3. The van der Waals surface area contributed by atoms with E-state index in [1.165, 1.54) is 0 Å². The van der Waals surface area contributed by atoms with Crippen LogP contribution in [0.4, 0.5) is 0 Å². The van der Waals surface area contributed by atoms with E-state index in [2.05, 4.69) is 5.32 Å². The minimum absolute atomic E-state index is 0.106. The number of rotatable bonds is 8. The summed E-state index contributed by atoms with van der Waals surface area (Å²) in [6.07, 6.45) is 0.0971. The summed E-state index contributed by atoms with van der Waals surface area (Å²) < 4.78 is 11.5. The molecule has 2 aromatic rings. The van der Waals surface area contributed by atoms with Gasteiger partial charge in [0.05, 0.1) is 6.04 Å². The highest BCUT2D eigenvalue weighted by molar-refractivity contribution is 5.81. The molecule has 2 aromatic carbocycles. The zero-order chi connectivity index (χ0) is 17.4. The van der Waals surface area contributed by atoms with Gasteiger partial charge in [-0.15, -0.1) is 0 Å². The Morgan fingerprint density at radius 2 is 1.75 bits per heavy atom. The minimum atomic E-state index is -0.506. The minimum Gasteiger partial charge on any atom is -0.491 e. The number of ether oxygens (including phenoxy) is 2. The second kappa shape index (κ2) is 8.96. The van der Waals surface area contributed by atoms with Crippen LogP contribution >= 0.6 is 0 Å². The summed E-state index contributed by atoms with van der Waals surface area (Å²) in [7, 11) is 0. The number of benzene rings is 2. The van der Waals surface area contributed by atoms with E-state index in [4.69, 9.17) is 9.47 Å². The van der Waals surface area contributed by atoms with Crippen LogP contribution in [0.2, 0.25) is 0 Å². The molecule has 0 saturated carbocycles. The molecule has 4 nitrogen and oxygen atoms in total. The summed E-state index contributed by atoms with van der Waals surface area (Å²) in [5.41, 5.74) is 1.08. The Morgan fingerprint density at radius 3 is 2.42 bits per heavy atom. The van der Waals surface area contributed by atoms with Gasteiger partial charge in [-0.1, -0.05) is 43.3 Å². The number of hydrogen-bond acceptors (Lipinski definition) is 3. The van der Waals surface area contributed by atoms with Crippen molar-refractivity contribution >= 4 is 5.91 Å². The first-order valence-corrected chi connectivity index (χ1v) is 8.30. The molecule has 2 atom stereocenters. The Morgan fingerprint density at radius 1 is 1.08 bits per heavy atom. The average Bonchev–Trinajstić information content (AvgIpc) is 2.59. The van der Waals surface area contributed by atoms with Crippen LogP contribution in [0.15, 0.2) is 54.6 Å². The second-order valence-corrected chi connectivity index (χ2v) is 5.81. The first-order valence-electron chi connectivity index (χ1n) is 8.30. The molecule has 1 N–H and O–H groups in total. The van der Waals surface area contributed by atoms with Crippen molar-refractivity contribution in [1.82, 2.24) is 5.32 Å². The maximum Gasteiger partial charge on any atom is 0.261 e. The quantitative estimate of drug-likeness (QED) is 0.803. The van der Waals surface area contributed by atoms with Gasteiger partial charge in [0.25, 0.3) is 5.91 Å². The number of para-hydroxylation sites is 2. The Labute approximate surface area is 143 Å². The maximum absolute atomic E-state index is 12.4. The van der Waals surface area contributed by atoms with Gasteiger partial charge in [0.1, 0.15) is 18.1 Å². The molecule has 4 heteroatoms. The van der Waals surface area contributed by atoms with Crippen LogP contribution < -0.4 is 14.8 Å². The van der Waals surface area contributed by atoms with Gasteiger partial charge in [-0.2, -0.15) is 0 Å². The topological polar surface area (TPSA) is 47.6 Å². The van der Waals surface area contributed by atoms with Crippen LogP contribution in [0.25, 0.3) is 0 Å². The van der Waals surface area contributed by atoms with Crippen molar-refractivity contribution in [3.05, 3.63) is 60.2 Å². The van der Waals surface area contributed by atoms with Crippen LogP contribution in [0, 0.1) is 6.92 Å². The Kier molecular flexibility index (Phi) is 6.67. The van der Waals surface area contributed by atoms with Crippen molar-refractivity contribution in [1.29, 1.82) is 0 Å². The predicted octanol–water partition coefficient (Wildman–Crippen LogP) is 3.74. The van der Waals surface area contributed by atoms with Crippen molar-refractivity contribution in [2.45, 2.75) is 39.3 Å². The molecule has 0 aliphatic rings. The number of amides is 1. The summed E-state index contributed by atoms with van der Waals surface area (Å²) in [4.78, 5) is 12.4. The highest BCUT2D eigenvalue weighted by Crippen LogP contribution is 2.16. The van der Waals surface area contributed by atoms with Gasteiger partial charge in [-0.3, -0.25) is 4.79 Å². The van der Waals surface area contributed by atoms with Crippen LogP contribution in [-0.2, 0) is 4.79 Å². The third-order valence-electron chi connectivity index (χ3n) is 3.66. The van der Waals surface area contributed by atoms with E-state index in [0.717, 1.165) is 11.3 Å². The molecule has 0 aromatic heterocycles. The molecular weight excluding hydrogens is 302 g/mol. The van der Waals surface area contributed by atoms with Crippen molar-refractivity contribution < 1.29 is 14.3 Å². The van der Waals surface area contributed by atoms with E-state index < -0.39 is 6.10 Å². The third kappa shape index (κ3) is 5.30. The van der Waals surface area contributed by atoms with Crippen LogP contribution in [0.5, 0.6) is 11.5 Å². The number of carbonyl (C=O) groups excluding carboxylic acids is 1. The lowest BCUT2D eigenvalue weighted by Gasteiger charge is -2.21. The molecule has 0 heterocycles. The van der Waals surface area contributed by atoms with Crippen LogP contribution in [-0.4, -0.2) is 24.7 Å². The monoisotopic (exact) mass is 327 g/mol. The SMILES string of the molecule is CCC(Oc1ccccc1)C(=O)NC(C)COc1ccccc1C. The van der Waals surface area contributed by atoms with Crippen molar-refractivity contribution in [2.24, 2.45) is 0 Å². The third-order valence-corrected chi connectivity index (χ3v) is 3.66. The lowest BCUT2D eigenvalue weighted by Crippen LogP contribution is -2.44. The van der Waals surface area contributed by atoms with E-state index in [0.29, 0.717) is 18.8 Å². The molecule has 0 aliphatic carbocycles. The van der Waals surface area contributed by atoms with Gasteiger partial charge in [0, 0.05) is 0 Å². The number of carbonyl (C=O) groups is 1. The van der Waals surface area contributed by atoms with Gasteiger partial charge >= 0.3 is 0 Å². The average molecular weight is 327 g/mol. The van der Waals surface area contributed by atoms with Crippen molar-refractivity contribution in [3.63, 3.8) is 0 Å². The normalized spacial score (nSPS) is 13.0. The van der Waals surface area contributed by atoms with Gasteiger partial charge in [-0.25, -0.2) is 0 Å². The van der Waals surface area contributed by atoms with E-state index >= 15 is 0 Å². The molecule has 128 valence electrons. The van der Waals surface area contributed by atoms with Gasteiger partial charge < -0.3 is 14.8 Å². The van der Waals surface area contributed by atoms with E-state index in [-0.39, 0.29) is 11.9 Å². The molecule has 0 spiro atoms. The number of hydrogen-bond donors (Lipinski definition) is 1. The molecule has 1 amide bonds. The highest BCUT2D eigenvalue weighted by Gasteiger charge is 2.20. The first-order chi connectivity index (χ1) is 11.6. The second-order valence-electron chi connectivity index (χ2n) is 5.81. The van der Waals surface area contributed by atoms with Gasteiger partial charge in [0.15, 0.2) is 6.10 Å². The zero-order valence-electron chi connectivity index (χ0n) is 14.5. The molecule has 0 fully saturated rings. The van der Waals surface area contributed by atoms with Crippen LogP contribution in [0.3, 0.4) is 0 Å². The van der Waals surface area contributed by atoms with E-state index in [1.54, 1.807) is 0 Å². The Balaban J connectivity index is 1.84. The maximum atomic E-state index is 12.4. The largest absolute Gasteiger partial charge is 0.491 e. The fraction of sp³-hybridized carbons (Fsp3) is 0.350. The first kappa shape index (κ1) is 17.9. The lowest BCUT2D eigenvalue weighted by atomic mass is 10.2. The van der Waals surface area contributed by atoms with Gasteiger partial charge in [0.2, 0.25) is 0 Å². The highest BCUT2D eigenvalue weighted by atomic mass is 16.5. The summed E-state index contributed by atoms with van der Waals surface area (Å²) in [5.74, 6) is 1.41. The smallest absolute Gasteiger partial charge is 0.261 e. The van der Waals surface area contributed by atoms with E-state index in [9.17, 15) is 4.79 Å². The summed E-state index contributed by atoms with van der Waals surface area (Å²) >= 11 is 0. The summed E-state index contributed by atoms with van der Waals surface area (Å²) in [5, 5.41) is 2.95. The molecule has 0 bridgehead atoms. The fourth-order valence-corrected chi connectivity index (χ4v) is 2.30. The Bertz CT molecular complexity index is 642. The Hall–Kier alpha value is -2.49. The number of aryl methyl sites for hydroxylation is 1. The summed E-state index contributed by atoms with van der Waals surface area (Å²) in [6, 6.07) is 17.1. The standard InChI is InChI=1S/C20H25NO3/c1-4-18(24-17-11-6-5-7-12-17)20(22)21-16(3)14-23-19-13-9-8-10-15(19)2/h5-13,16,18H,4,14H2,1-3H3,(H,21,22). The molecule has 0 saturated heterocycles.